The Hall–Kier alpha value is -3.20. The van der Waals surface area contributed by atoms with Crippen LogP contribution in [-0.2, 0) is 16.1 Å². The van der Waals surface area contributed by atoms with Gasteiger partial charge in [-0.15, -0.1) is 0 Å². The number of carbonyl (C=O) groups excluding carboxylic acids is 3. The van der Waals surface area contributed by atoms with Gasteiger partial charge in [-0.1, -0.05) is 24.3 Å². The molecule has 2 saturated heterocycles. The number of likely N-dealkylation sites (N-methyl/N-ethyl adjacent to an activating group) is 1. The average Bonchev–Trinajstić information content (AvgIpc) is 2.75. The first-order valence-corrected chi connectivity index (χ1v) is 10.6. The fraction of sp³-hybridized carbons (Fsp3) is 0.455. The minimum absolute atomic E-state index is 0.0468. The number of amides is 4. The van der Waals surface area contributed by atoms with Crippen LogP contribution in [0.1, 0.15) is 26.3 Å². The molecule has 9 heteroatoms. The van der Waals surface area contributed by atoms with E-state index in [1.165, 1.54) is 0 Å². The first-order chi connectivity index (χ1) is 14.8. The molecule has 0 bridgehead atoms. The zero-order valence-corrected chi connectivity index (χ0v) is 18.3. The minimum atomic E-state index is -0.665. The Morgan fingerprint density at radius 1 is 1.19 bits per heavy atom. The number of fused-ring (bicyclic) bond motifs is 2. The van der Waals surface area contributed by atoms with Crippen LogP contribution in [-0.4, -0.2) is 81.0 Å². The second-order valence-electron chi connectivity index (χ2n) is 8.09. The van der Waals surface area contributed by atoms with Crippen molar-refractivity contribution in [3.05, 3.63) is 42.1 Å². The van der Waals surface area contributed by atoms with Gasteiger partial charge in [0.05, 0.1) is 18.1 Å². The minimum Gasteiger partial charge on any atom is -0.337 e. The quantitative estimate of drug-likeness (QED) is 0.805. The molecule has 0 unspecified atom stereocenters. The lowest BCUT2D eigenvalue weighted by atomic mass is 10.00. The van der Waals surface area contributed by atoms with Gasteiger partial charge in [-0.3, -0.25) is 14.6 Å². The molecule has 1 aromatic carbocycles. The molecule has 1 aromatic heterocycles. The highest BCUT2D eigenvalue weighted by molar-refractivity contribution is 5.92. The number of para-hydroxylation sites is 1. The van der Waals surface area contributed by atoms with E-state index in [9.17, 15) is 14.4 Å². The van der Waals surface area contributed by atoms with E-state index >= 15 is 0 Å². The van der Waals surface area contributed by atoms with Crippen LogP contribution in [0.25, 0.3) is 10.9 Å². The van der Waals surface area contributed by atoms with Crippen molar-refractivity contribution in [2.45, 2.75) is 45.6 Å². The number of hydrogen-bond donors (Lipinski definition) is 1. The Morgan fingerprint density at radius 2 is 1.94 bits per heavy atom. The third-order valence-electron chi connectivity index (χ3n) is 6.13. The fourth-order valence-corrected chi connectivity index (χ4v) is 4.63. The SMILES string of the molecule is CCNC(=O)N1[C@H]2[C@H](C)N(Cc3cccc4cccnc34)C(=O)[C@H](C)N2C(=O)CN1C. The van der Waals surface area contributed by atoms with E-state index in [0.717, 1.165) is 16.5 Å². The molecule has 164 valence electrons. The van der Waals surface area contributed by atoms with Crippen LogP contribution in [0.4, 0.5) is 4.79 Å². The van der Waals surface area contributed by atoms with Crippen LogP contribution in [0, 0.1) is 0 Å². The number of aromatic nitrogens is 1. The van der Waals surface area contributed by atoms with Gasteiger partial charge in [-0.25, -0.2) is 14.8 Å². The van der Waals surface area contributed by atoms with Gasteiger partial charge in [0, 0.05) is 31.7 Å². The molecule has 3 heterocycles. The number of nitrogens with zero attached hydrogens (tertiary/aromatic N) is 5. The third kappa shape index (κ3) is 3.48. The maximum Gasteiger partial charge on any atom is 0.333 e. The summed E-state index contributed by atoms with van der Waals surface area (Å²) in [6.07, 6.45) is 1.15. The number of nitrogens with one attached hydrogen (secondary N) is 1. The molecular weight excluding hydrogens is 396 g/mol. The first-order valence-electron chi connectivity index (χ1n) is 10.6. The molecule has 9 nitrogen and oxygen atoms in total. The Labute approximate surface area is 181 Å². The molecule has 2 aliphatic rings. The van der Waals surface area contributed by atoms with E-state index < -0.39 is 18.2 Å². The van der Waals surface area contributed by atoms with Crippen molar-refractivity contribution in [1.29, 1.82) is 0 Å². The van der Waals surface area contributed by atoms with Gasteiger partial charge in [-0.05, 0) is 32.4 Å². The Morgan fingerprint density at radius 3 is 2.68 bits per heavy atom. The Balaban J connectivity index is 1.72. The van der Waals surface area contributed by atoms with Crippen LogP contribution >= 0.6 is 0 Å². The number of pyridine rings is 1. The lowest BCUT2D eigenvalue weighted by Gasteiger charge is -2.56. The maximum absolute atomic E-state index is 13.3. The van der Waals surface area contributed by atoms with Crippen molar-refractivity contribution >= 4 is 28.7 Å². The van der Waals surface area contributed by atoms with Gasteiger partial charge in [0.1, 0.15) is 12.2 Å². The molecule has 0 aliphatic carbocycles. The van der Waals surface area contributed by atoms with Crippen molar-refractivity contribution in [2.24, 2.45) is 0 Å². The monoisotopic (exact) mass is 424 g/mol. The van der Waals surface area contributed by atoms with Crippen molar-refractivity contribution in [1.82, 2.24) is 30.1 Å². The fourth-order valence-electron chi connectivity index (χ4n) is 4.63. The van der Waals surface area contributed by atoms with Crippen LogP contribution in [0.2, 0.25) is 0 Å². The standard InChI is InChI=1S/C22H28N6O3/c1-5-23-22(31)28-20-14(2)26(21(30)15(3)27(20)18(29)13-25(28)4)12-17-9-6-8-16-10-7-11-24-19(16)17/h6-11,14-15,20H,5,12-13H2,1-4H3,(H,23,31)/t14-,15-,20-/m0/s1. The average molecular weight is 425 g/mol. The highest BCUT2D eigenvalue weighted by Gasteiger charge is 2.52. The molecule has 31 heavy (non-hydrogen) atoms. The summed E-state index contributed by atoms with van der Waals surface area (Å²) in [4.78, 5) is 46.9. The Kier molecular flexibility index (Phi) is 5.53. The van der Waals surface area contributed by atoms with Crippen molar-refractivity contribution in [2.75, 3.05) is 20.1 Å². The molecule has 1 N–H and O–H groups in total. The third-order valence-corrected chi connectivity index (χ3v) is 6.13. The summed E-state index contributed by atoms with van der Waals surface area (Å²) in [7, 11) is 1.72. The predicted octanol–water partition coefficient (Wildman–Crippen LogP) is 1.40. The van der Waals surface area contributed by atoms with Crippen molar-refractivity contribution in [3.63, 3.8) is 0 Å². The molecule has 4 rings (SSSR count). The van der Waals surface area contributed by atoms with Crippen LogP contribution < -0.4 is 5.32 Å². The molecule has 0 spiro atoms. The van der Waals surface area contributed by atoms with Gasteiger partial charge < -0.3 is 15.1 Å². The highest BCUT2D eigenvalue weighted by atomic mass is 16.2. The van der Waals surface area contributed by atoms with Gasteiger partial charge >= 0.3 is 6.03 Å². The Bertz CT molecular complexity index is 1020. The predicted molar refractivity (Wildman–Crippen MR) is 115 cm³/mol. The van der Waals surface area contributed by atoms with Gasteiger partial charge in [0.2, 0.25) is 11.8 Å². The number of hydrogen-bond acceptors (Lipinski definition) is 5. The van der Waals surface area contributed by atoms with E-state index in [2.05, 4.69) is 10.3 Å². The van der Waals surface area contributed by atoms with Crippen molar-refractivity contribution in [3.8, 4) is 0 Å². The first kappa shape index (κ1) is 21.0. The van der Waals surface area contributed by atoms with Gasteiger partial charge in [0.25, 0.3) is 0 Å². The molecule has 2 aromatic rings. The molecule has 2 aliphatic heterocycles. The summed E-state index contributed by atoms with van der Waals surface area (Å²) >= 11 is 0. The van der Waals surface area contributed by atoms with E-state index in [-0.39, 0.29) is 24.4 Å². The van der Waals surface area contributed by atoms with Crippen LogP contribution in [0.3, 0.4) is 0 Å². The summed E-state index contributed by atoms with van der Waals surface area (Å²) in [6.45, 7) is 6.34. The van der Waals surface area contributed by atoms with E-state index in [0.29, 0.717) is 13.1 Å². The summed E-state index contributed by atoms with van der Waals surface area (Å²) in [5, 5.41) is 7.02. The number of carbonyl (C=O) groups is 3. The molecular formula is C22H28N6O3. The normalized spacial score (nSPS) is 24.5. The smallest absolute Gasteiger partial charge is 0.333 e. The molecule has 4 amide bonds. The second kappa shape index (κ2) is 8.14. The maximum atomic E-state index is 13.3. The zero-order chi connectivity index (χ0) is 22.3. The molecule has 2 fully saturated rings. The topological polar surface area (TPSA) is 89.1 Å². The lowest BCUT2D eigenvalue weighted by Crippen LogP contribution is -2.77. The van der Waals surface area contributed by atoms with Gasteiger partial charge in [0.15, 0.2) is 0 Å². The van der Waals surface area contributed by atoms with E-state index in [1.807, 2.05) is 44.2 Å². The van der Waals surface area contributed by atoms with Crippen molar-refractivity contribution < 1.29 is 14.4 Å². The zero-order valence-electron chi connectivity index (χ0n) is 18.3. The van der Waals surface area contributed by atoms with E-state index in [1.54, 1.807) is 40.0 Å². The second-order valence-corrected chi connectivity index (χ2v) is 8.09. The summed E-state index contributed by atoms with van der Waals surface area (Å²) in [5.74, 6) is -0.294. The van der Waals surface area contributed by atoms with Gasteiger partial charge in [-0.2, -0.15) is 0 Å². The lowest BCUT2D eigenvalue weighted by molar-refractivity contribution is -0.194. The molecule has 0 radical (unpaired) electrons. The summed E-state index contributed by atoms with van der Waals surface area (Å²) < 4.78 is 0. The number of benzene rings is 1. The van der Waals surface area contributed by atoms with Crippen LogP contribution in [0.5, 0.6) is 0 Å². The summed E-state index contributed by atoms with van der Waals surface area (Å²) in [5.41, 5.74) is 1.77. The highest BCUT2D eigenvalue weighted by Crippen LogP contribution is 2.31. The largest absolute Gasteiger partial charge is 0.337 e. The summed E-state index contributed by atoms with van der Waals surface area (Å²) in [6, 6.07) is 8.42. The number of piperazine rings is 1. The molecule has 3 atom stereocenters. The molecule has 0 saturated carbocycles. The van der Waals surface area contributed by atoms with E-state index in [4.69, 9.17) is 0 Å². The van der Waals surface area contributed by atoms with Crippen LogP contribution in [0.15, 0.2) is 36.5 Å². The number of hydrazine groups is 1. The number of urea groups is 1. The number of rotatable bonds is 3.